The fourth-order valence-electron chi connectivity index (χ4n) is 6.82. The minimum atomic E-state index is -0.430. The Morgan fingerprint density at radius 1 is 1.07 bits per heavy atom. The highest BCUT2D eigenvalue weighted by Gasteiger charge is 2.47. The minimum absolute atomic E-state index is 0.0825. The molecular weight excluding hydrogens is 532 g/mol. The van der Waals surface area contributed by atoms with Crippen LogP contribution in [0.4, 0.5) is 0 Å². The Labute approximate surface area is 245 Å². The fraction of sp³-hybridized carbons (Fsp3) is 0.469. The van der Waals surface area contributed by atoms with Crippen LogP contribution in [0.25, 0.3) is 22.5 Å². The number of nitrogens with zero attached hydrogens (tertiary/aromatic N) is 5. The second-order valence-corrected chi connectivity index (χ2v) is 11.5. The number of ether oxygens (including phenoxy) is 2. The molecule has 7 rings (SSSR count). The molecule has 4 heterocycles. The van der Waals surface area contributed by atoms with Gasteiger partial charge in [0.1, 0.15) is 6.61 Å². The normalized spacial score (nSPS) is 19.1. The summed E-state index contributed by atoms with van der Waals surface area (Å²) in [6.07, 6.45) is 8.57. The van der Waals surface area contributed by atoms with Gasteiger partial charge in [-0.2, -0.15) is 5.21 Å². The SMILES string of the molecule is CCCCCc1c(Cc2ccc(-c3ccccc3-c3nn[nH]n3)cc2)c(=O)n2n1C1CCC2(COCC(=O)OC)CC1. The van der Waals surface area contributed by atoms with Gasteiger partial charge in [-0.05, 0) is 60.4 Å². The number of methoxy groups -OCH3 is 1. The lowest BCUT2D eigenvalue weighted by Gasteiger charge is -2.49. The van der Waals surface area contributed by atoms with Gasteiger partial charge in [0.05, 0.1) is 25.3 Å². The molecule has 0 spiro atoms. The zero-order valence-corrected chi connectivity index (χ0v) is 24.3. The Kier molecular flexibility index (Phi) is 8.06. The lowest BCUT2D eigenvalue weighted by molar-refractivity contribution is -0.148. The molecule has 1 aliphatic carbocycles. The van der Waals surface area contributed by atoms with Crippen LogP contribution in [0.1, 0.15) is 74.7 Å². The average molecular weight is 571 g/mol. The van der Waals surface area contributed by atoms with Crippen molar-refractivity contribution >= 4 is 5.97 Å². The van der Waals surface area contributed by atoms with E-state index in [1.807, 2.05) is 22.9 Å². The molecule has 0 saturated heterocycles. The maximum atomic E-state index is 14.3. The number of aromatic nitrogens is 6. The largest absolute Gasteiger partial charge is 0.467 e. The minimum Gasteiger partial charge on any atom is -0.467 e. The third-order valence-corrected chi connectivity index (χ3v) is 8.97. The first-order valence-electron chi connectivity index (χ1n) is 15.0. The number of H-pyrrole nitrogens is 1. The summed E-state index contributed by atoms with van der Waals surface area (Å²) in [7, 11) is 1.36. The van der Waals surface area contributed by atoms with E-state index in [1.165, 1.54) is 12.8 Å². The molecule has 0 atom stereocenters. The van der Waals surface area contributed by atoms with Crippen molar-refractivity contribution in [1.82, 2.24) is 30.0 Å². The third-order valence-electron chi connectivity index (χ3n) is 8.97. The highest BCUT2D eigenvalue weighted by atomic mass is 16.6. The van der Waals surface area contributed by atoms with Gasteiger partial charge in [0, 0.05) is 23.2 Å². The molecule has 2 aliphatic heterocycles. The Balaban J connectivity index is 1.33. The van der Waals surface area contributed by atoms with Crippen molar-refractivity contribution in [2.75, 3.05) is 20.3 Å². The van der Waals surface area contributed by atoms with Gasteiger partial charge in [0.25, 0.3) is 5.56 Å². The molecule has 2 aromatic carbocycles. The summed E-state index contributed by atoms with van der Waals surface area (Å²) < 4.78 is 14.9. The van der Waals surface area contributed by atoms with Crippen LogP contribution in [-0.2, 0) is 32.6 Å². The zero-order chi connectivity index (χ0) is 29.1. The molecule has 2 bridgehead atoms. The van der Waals surface area contributed by atoms with Gasteiger partial charge >= 0.3 is 5.97 Å². The number of unbranched alkanes of at least 4 members (excludes halogenated alkanes) is 2. The predicted octanol–water partition coefficient (Wildman–Crippen LogP) is 4.83. The van der Waals surface area contributed by atoms with Gasteiger partial charge < -0.3 is 9.47 Å². The molecule has 2 aromatic heterocycles. The predicted molar refractivity (Wildman–Crippen MR) is 158 cm³/mol. The van der Waals surface area contributed by atoms with Crippen LogP contribution in [0.3, 0.4) is 0 Å². The van der Waals surface area contributed by atoms with E-state index in [2.05, 4.69) is 62.6 Å². The lowest BCUT2D eigenvalue weighted by atomic mass is 9.78. The number of carbonyl (C=O) groups is 1. The quantitative estimate of drug-likeness (QED) is 0.191. The first-order valence-corrected chi connectivity index (χ1v) is 15.0. The second kappa shape index (κ2) is 12.1. The number of tetrazole rings is 1. The van der Waals surface area contributed by atoms with E-state index in [0.29, 0.717) is 24.9 Å². The number of benzene rings is 2. The van der Waals surface area contributed by atoms with E-state index in [9.17, 15) is 9.59 Å². The summed E-state index contributed by atoms with van der Waals surface area (Å²) in [6.45, 7) is 2.44. The van der Waals surface area contributed by atoms with Crippen LogP contribution in [-0.4, -0.2) is 56.3 Å². The van der Waals surface area contributed by atoms with Crippen LogP contribution in [0, 0.1) is 0 Å². The van der Waals surface area contributed by atoms with Gasteiger partial charge in [-0.3, -0.25) is 9.48 Å². The number of carbonyl (C=O) groups excluding carboxylic acids is 1. The van der Waals surface area contributed by atoms with Gasteiger partial charge in [-0.15, -0.1) is 10.2 Å². The van der Waals surface area contributed by atoms with Crippen LogP contribution < -0.4 is 5.56 Å². The molecule has 4 aromatic rings. The topological polar surface area (TPSA) is 117 Å². The summed E-state index contributed by atoms with van der Waals surface area (Å²) in [5.41, 5.74) is 5.78. The van der Waals surface area contributed by atoms with Crippen molar-refractivity contribution in [3.63, 3.8) is 0 Å². The van der Waals surface area contributed by atoms with Crippen LogP contribution in [0.15, 0.2) is 53.3 Å². The molecule has 1 fully saturated rings. The van der Waals surface area contributed by atoms with E-state index >= 15 is 0 Å². The van der Waals surface area contributed by atoms with Crippen molar-refractivity contribution in [2.24, 2.45) is 0 Å². The van der Waals surface area contributed by atoms with Crippen LogP contribution in [0.2, 0.25) is 0 Å². The smallest absolute Gasteiger partial charge is 0.331 e. The summed E-state index contributed by atoms with van der Waals surface area (Å²) >= 11 is 0. The molecule has 1 N–H and O–H groups in total. The maximum absolute atomic E-state index is 14.3. The number of rotatable bonds is 12. The molecule has 10 heteroatoms. The number of fused-ring (bicyclic) bond motifs is 2. The summed E-state index contributed by atoms with van der Waals surface area (Å²) in [6, 6.07) is 16.8. The maximum Gasteiger partial charge on any atom is 0.331 e. The van der Waals surface area contributed by atoms with E-state index in [4.69, 9.17) is 9.47 Å². The van der Waals surface area contributed by atoms with Crippen molar-refractivity contribution in [3.8, 4) is 22.5 Å². The Morgan fingerprint density at radius 3 is 2.52 bits per heavy atom. The number of hydrogen-bond acceptors (Lipinski definition) is 7. The average Bonchev–Trinajstić information content (AvgIpc) is 3.67. The number of hydrogen-bond donors (Lipinski definition) is 1. The molecule has 10 nitrogen and oxygen atoms in total. The highest BCUT2D eigenvalue weighted by Crippen LogP contribution is 2.46. The van der Waals surface area contributed by atoms with E-state index in [1.54, 1.807) is 0 Å². The molecule has 42 heavy (non-hydrogen) atoms. The van der Waals surface area contributed by atoms with Crippen LogP contribution >= 0.6 is 0 Å². The highest BCUT2D eigenvalue weighted by molar-refractivity contribution is 5.80. The molecule has 1 saturated carbocycles. The van der Waals surface area contributed by atoms with E-state index < -0.39 is 11.5 Å². The summed E-state index contributed by atoms with van der Waals surface area (Å²) in [5.74, 6) is 0.154. The second-order valence-electron chi connectivity index (χ2n) is 11.5. The number of esters is 1. The Morgan fingerprint density at radius 2 is 1.83 bits per heavy atom. The zero-order valence-electron chi connectivity index (χ0n) is 24.3. The van der Waals surface area contributed by atoms with Crippen molar-refractivity contribution in [1.29, 1.82) is 0 Å². The van der Waals surface area contributed by atoms with E-state index in [0.717, 1.165) is 79.2 Å². The molecule has 0 unspecified atom stereocenters. The van der Waals surface area contributed by atoms with Crippen molar-refractivity contribution in [2.45, 2.75) is 76.3 Å². The third kappa shape index (κ3) is 5.19. The summed E-state index contributed by atoms with van der Waals surface area (Å²) in [5, 5.41) is 14.6. The molecule has 0 amide bonds. The Hall–Kier alpha value is -4.05. The number of aromatic amines is 1. The molecular formula is C32H38N6O4. The monoisotopic (exact) mass is 570 g/mol. The fourth-order valence-corrected chi connectivity index (χ4v) is 6.82. The Bertz CT molecular complexity index is 1580. The number of nitrogens with one attached hydrogen (secondary N) is 1. The molecule has 3 aliphatic rings. The van der Waals surface area contributed by atoms with Crippen LogP contribution in [0.5, 0.6) is 0 Å². The van der Waals surface area contributed by atoms with E-state index in [-0.39, 0.29) is 12.2 Å². The van der Waals surface area contributed by atoms with Gasteiger partial charge in [0.2, 0.25) is 5.82 Å². The lowest BCUT2D eigenvalue weighted by Crippen LogP contribution is -2.55. The van der Waals surface area contributed by atoms with Crippen molar-refractivity contribution in [3.05, 3.63) is 75.7 Å². The van der Waals surface area contributed by atoms with Gasteiger partial charge in [-0.25, -0.2) is 9.48 Å². The first kappa shape index (κ1) is 28.1. The summed E-state index contributed by atoms with van der Waals surface area (Å²) in [4.78, 5) is 26.0. The van der Waals surface area contributed by atoms with Gasteiger partial charge in [0.15, 0.2) is 0 Å². The van der Waals surface area contributed by atoms with Crippen molar-refractivity contribution < 1.29 is 14.3 Å². The molecule has 220 valence electrons. The first-order chi connectivity index (χ1) is 20.5. The van der Waals surface area contributed by atoms with Gasteiger partial charge in [-0.1, -0.05) is 68.3 Å². The standard InChI is InChI=1S/C32H38N6O4/c1-3-4-5-10-28-27(31(40)38-32(21-42-20-29(39)41-2)17-15-24(16-18-32)37(28)38)19-22-11-13-23(14-12-22)25-8-6-7-9-26(25)30-33-35-36-34-30/h6-9,11-14,24H,3-5,10,15-21H2,1-2H3,(H,33,34,35,36). The molecule has 0 radical (unpaired) electrons.